The largest absolute Gasteiger partial charge is 0.385 e. The maximum absolute atomic E-state index is 13.2. The van der Waals surface area contributed by atoms with Gasteiger partial charge in [-0.3, -0.25) is 13.9 Å². The summed E-state index contributed by atoms with van der Waals surface area (Å²) in [6, 6.07) is 9.67. The minimum atomic E-state index is -3.92. The van der Waals surface area contributed by atoms with Gasteiger partial charge in [0, 0.05) is 44.4 Å². The van der Waals surface area contributed by atoms with Gasteiger partial charge in [0.1, 0.15) is 5.56 Å². The van der Waals surface area contributed by atoms with Crippen molar-refractivity contribution in [3.8, 4) is 0 Å². The molecule has 1 heterocycles. The molecule has 3 aromatic rings. The number of nitrogens with zero attached hydrogens (tertiary/aromatic N) is 1. The van der Waals surface area contributed by atoms with Gasteiger partial charge in [0.25, 0.3) is 15.9 Å². The van der Waals surface area contributed by atoms with Gasteiger partial charge in [0.2, 0.25) is 5.43 Å². The number of hydrogen-bond donors (Lipinski definition) is 2. The Hall–Kier alpha value is -3.17. The minimum absolute atomic E-state index is 0.0334. The van der Waals surface area contributed by atoms with Gasteiger partial charge in [0.15, 0.2) is 0 Å². The number of nitrogens with one attached hydrogen (secondary N) is 2. The molecule has 32 heavy (non-hydrogen) atoms. The molecule has 9 heteroatoms. The molecule has 1 aromatic heterocycles. The van der Waals surface area contributed by atoms with E-state index >= 15 is 0 Å². The molecule has 0 aliphatic carbocycles. The van der Waals surface area contributed by atoms with E-state index in [0.717, 1.165) is 11.1 Å². The highest BCUT2D eigenvalue weighted by molar-refractivity contribution is 7.92. The van der Waals surface area contributed by atoms with Crippen molar-refractivity contribution >= 4 is 32.5 Å². The summed E-state index contributed by atoms with van der Waals surface area (Å²) in [5.41, 5.74) is 2.39. The van der Waals surface area contributed by atoms with Crippen LogP contribution in [0.3, 0.4) is 0 Å². The molecule has 0 saturated carbocycles. The van der Waals surface area contributed by atoms with Crippen LogP contribution in [0.1, 0.15) is 27.9 Å². The van der Waals surface area contributed by atoms with Crippen LogP contribution in [0.4, 0.5) is 5.69 Å². The third-order valence-electron chi connectivity index (χ3n) is 5.42. The maximum Gasteiger partial charge on any atom is 0.264 e. The van der Waals surface area contributed by atoms with Crippen LogP contribution in [0.5, 0.6) is 0 Å². The highest BCUT2D eigenvalue weighted by atomic mass is 32.2. The lowest BCUT2D eigenvalue weighted by Crippen LogP contribution is -2.30. The number of aromatic nitrogens is 1. The van der Waals surface area contributed by atoms with Crippen molar-refractivity contribution in [3.63, 3.8) is 0 Å². The van der Waals surface area contributed by atoms with Crippen LogP contribution in [0.25, 0.3) is 10.9 Å². The number of aryl methyl sites for hydroxylation is 2. The van der Waals surface area contributed by atoms with Crippen molar-refractivity contribution < 1.29 is 17.9 Å². The SMILES string of the molecule is COCCCNC(=O)c1c[nH]c2ccc(S(=O)(=O)N(C)c3ccc(C)c(C)c3)cc2c1=O. The summed E-state index contributed by atoms with van der Waals surface area (Å²) in [6.07, 6.45) is 1.95. The molecule has 1 amide bonds. The Morgan fingerprint density at radius 3 is 2.56 bits per heavy atom. The molecule has 0 bridgehead atoms. The molecule has 170 valence electrons. The van der Waals surface area contributed by atoms with Crippen LogP contribution in [0.2, 0.25) is 0 Å². The van der Waals surface area contributed by atoms with Crippen LogP contribution >= 0.6 is 0 Å². The second-order valence-electron chi connectivity index (χ2n) is 7.58. The molecule has 0 spiro atoms. The van der Waals surface area contributed by atoms with Gasteiger partial charge >= 0.3 is 0 Å². The van der Waals surface area contributed by atoms with Crippen molar-refractivity contribution in [2.45, 2.75) is 25.2 Å². The van der Waals surface area contributed by atoms with Crippen LogP contribution in [0, 0.1) is 13.8 Å². The van der Waals surface area contributed by atoms with E-state index in [0.29, 0.717) is 30.8 Å². The Labute approximate surface area is 187 Å². The summed E-state index contributed by atoms with van der Waals surface area (Å²) in [5.74, 6) is -0.523. The van der Waals surface area contributed by atoms with E-state index in [1.165, 1.54) is 35.7 Å². The number of anilines is 1. The number of pyridine rings is 1. The Bertz CT molecular complexity index is 1310. The fourth-order valence-corrected chi connectivity index (χ4v) is 4.47. The Kier molecular flexibility index (Phi) is 7.00. The van der Waals surface area contributed by atoms with Crippen LogP contribution in [-0.2, 0) is 14.8 Å². The number of H-pyrrole nitrogens is 1. The number of hydrogen-bond acceptors (Lipinski definition) is 5. The van der Waals surface area contributed by atoms with Crippen molar-refractivity contribution in [3.05, 3.63) is 69.5 Å². The smallest absolute Gasteiger partial charge is 0.264 e. The molecule has 8 nitrogen and oxygen atoms in total. The summed E-state index contributed by atoms with van der Waals surface area (Å²) in [6.45, 7) is 4.72. The van der Waals surface area contributed by atoms with Crippen LogP contribution in [-0.4, -0.2) is 46.6 Å². The summed E-state index contributed by atoms with van der Waals surface area (Å²) in [7, 11) is -0.879. The molecule has 0 unspecified atom stereocenters. The standard InChI is InChI=1S/C23H27N3O5S/c1-15-6-7-17(12-16(15)2)26(3)32(29,30)18-8-9-21-19(13-18)22(27)20(14-25-21)23(28)24-10-5-11-31-4/h6-9,12-14H,5,10-11H2,1-4H3,(H,24,28)(H,25,27). The van der Waals surface area contributed by atoms with Gasteiger partial charge in [-0.1, -0.05) is 6.07 Å². The number of rotatable bonds is 8. The van der Waals surface area contributed by atoms with Gasteiger partial charge in [0.05, 0.1) is 10.6 Å². The van der Waals surface area contributed by atoms with E-state index in [9.17, 15) is 18.0 Å². The number of fused-ring (bicyclic) bond motifs is 1. The molecular formula is C23H27N3O5S. The first kappa shape index (κ1) is 23.5. The van der Waals surface area contributed by atoms with Gasteiger partial charge < -0.3 is 15.0 Å². The zero-order valence-electron chi connectivity index (χ0n) is 18.6. The third-order valence-corrected chi connectivity index (χ3v) is 7.20. The zero-order chi connectivity index (χ0) is 23.5. The van der Waals surface area contributed by atoms with Gasteiger partial charge in [-0.15, -0.1) is 0 Å². The summed E-state index contributed by atoms with van der Waals surface area (Å²) < 4.78 is 32.6. The molecule has 2 aromatic carbocycles. The number of aromatic amines is 1. The molecule has 3 rings (SSSR count). The average molecular weight is 458 g/mol. The lowest BCUT2D eigenvalue weighted by atomic mass is 10.1. The summed E-state index contributed by atoms with van der Waals surface area (Å²) in [4.78, 5) is 28.2. The topological polar surface area (TPSA) is 109 Å². The molecule has 0 aliphatic rings. The molecule has 2 N–H and O–H groups in total. The lowest BCUT2D eigenvalue weighted by Gasteiger charge is -2.20. The first-order valence-corrected chi connectivity index (χ1v) is 11.6. The number of amides is 1. The molecule has 0 saturated heterocycles. The fourth-order valence-electron chi connectivity index (χ4n) is 3.26. The van der Waals surface area contributed by atoms with Gasteiger partial charge in [-0.2, -0.15) is 0 Å². The van der Waals surface area contributed by atoms with E-state index in [1.807, 2.05) is 19.9 Å². The predicted octanol–water partition coefficient (Wildman–Crippen LogP) is 2.74. The molecule has 0 radical (unpaired) electrons. The summed E-state index contributed by atoms with van der Waals surface area (Å²) >= 11 is 0. The number of methoxy groups -OCH3 is 1. The van der Waals surface area contributed by atoms with E-state index < -0.39 is 21.4 Å². The minimum Gasteiger partial charge on any atom is -0.385 e. The van der Waals surface area contributed by atoms with Gasteiger partial charge in [-0.05, 0) is 61.7 Å². The molecular weight excluding hydrogens is 430 g/mol. The number of carbonyl (C=O) groups excluding carboxylic acids is 1. The molecule has 0 aliphatic heterocycles. The van der Waals surface area contributed by atoms with Crippen LogP contribution in [0.15, 0.2) is 52.3 Å². The van der Waals surface area contributed by atoms with E-state index in [1.54, 1.807) is 19.2 Å². The Morgan fingerprint density at radius 1 is 1.12 bits per heavy atom. The fraction of sp³-hybridized carbons (Fsp3) is 0.304. The average Bonchev–Trinajstić information content (AvgIpc) is 2.78. The van der Waals surface area contributed by atoms with Crippen molar-refractivity contribution in [1.82, 2.24) is 10.3 Å². The van der Waals surface area contributed by atoms with Crippen molar-refractivity contribution in [1.29, 1.82) is 0 Å². The van der Waals surface area contributed by atoms with Crippen LogP contribution < -0.4 is 15.1 Å². The number of ether oxygens (including phenoxy) is 1. The Morgan fingerprint density at radius 2 is 1.88 bits per heavy atom. The normalized spacial score (nSPS) is 11.5. The Balaban J connectivity index is 1.97. The second kappa shape index (κ2) is 9.54. The predicted molar refractivity (Wildman–Crippen MR) is 125 cm³/mol. The number of benzene rings is 2. The monoisotopic (exact) mass is 457 g/mol. The highest BCUT2D eigenvalue weighted by Gasteiger charge is 2.23. The number of sulfonamides is 1. The van der Waals surface area contributed by atoms with Crippen molar-refractivity contribution in [2.24, 2.45) is 0 Å². The lowest BCUT2D eigenvalue weighted by molar-refractivity contribution is 0.0947. The third kappa shape index (κ3) is 4.68. The molecule has 0 fully saturated rings. The first-order chi connectivity index (χ1) is 15.2. The maximum atomic E-state index is 13.2. The quantitative estimate of drug-likeness (QED) is 0.506. The van der Waals surface area contributed by atoms with E-state index in [4.69, 9.17) is 4.74 Å². The zero-order valence-corrected chi connectivity index (χ0v) is 19.4. The first-order valence-electron chi connectivity index (χ1n) is 10.2. The second-order valence-corrected chi connectivity index (χ2v) is 9.55. The number of carbonyl (C=O) groups is 1. The van der Waals surface area contributed by atoms with E-state index in [-0.39, 0.29) is 15.8 Å². The van der Waals surface area contributed by atoms with E-state index in [2.05, 4.69) is 10.3 Å². The van der Waals surface area contributed by atoms with Crippen molar-refractivity contribution in [2.75, 3.05) is 31.6 Å². The summed E-state index contributed by atoms with van der Waals surface area (Å²) in [5, 5.41) is 2.80. The molecule has 0 atom stereocenters. The highest BCUT2D eigenvalue weighted by Crippen LogP contribution is 2.25. The van der Waals surface area contributed by atoms with Gasteiger partial charge in [-0.25, -0.2) is 8.42 Å².